The molecule has 3 rings (SSSR count). The highest BCUT2D eigenvalue weighted by atomic mass is 127. The van der Waals surface area contributed by atoms with Gasteiger partial charge in [-0.2, -0.15) is 0 Å². The number of guanidine groups is 1. The summed E-state index contributed by atoms with van der Waals surface area (Å²) in [5.41, 5.74) is 1.29. The Kier molecular flexibility index (Phi) is 10.8. The van der Waals surface area contributed by atoms with Gasteiger partial charge in [0.15, 0.2) is 5.96 Å². The smallest absolute Gasteiger partial charge is 0.223 e. The van der Waals surface area contributed by atoms with Gasteiger partial charge in [0.05, 0.1) is 0 Å². The number of nitrogens with zero attached hydrogens (tertiary/aromatic N) is 3. The lowest BCUT2D eigenvalue weighted by Gasteiger charge is -2.26. The number of likely N-dealkylation sites (tertiary alicyclic amines) is 2. The lowest BCUT2D eigenvalue weighted by Crippen LogP contribution is -2.44. The second-order valence-corrected chi connectivity index (χ2v) is 7.93. The van der Waals surface area contributed by atoms with Gasteiger partial charge in [-0.15, -0.1) is 24.0 Å². The van der Waals surface area contributed by atoms with E-state index in [1.165, 1.54) is 37.9 Å². The number of hydrogen-bond acceptors (Lipinski definition) is 3. The van der Waals surface area contributed by atoms with Crippen LogP contribution in [0.4, 0.5) is 0 Å². The van der Waals surface area contributed by atoms with Crippen molar-refractivity contribution in [2.24, 2.45) is 10.9 Å². The van der Waals surface area contributed by atoms with Crippen molar-refractivity contribution >= 4 is 35.8 Å². The molecule has 2 aliphatic rings. The number of benzene rings is 1. The summed E-state index contributed by atoms with van der Waals surface area (Å²) in [7, 11) is 1.81. The molecular weight excluding hydrogens is 477 g/mol. The van der Waals surface area contributed by atoms with E-state index in [1.54, 1.807) is 0 Å². The van der Waals surface area contributed by atoms with E-state index >= 15 is 0 Å². The molecule has 1 amide bonds. The maximum atomic E-state index is 12.3. The summed E-state index contributed by atoms with van der Waals surface area (Å²) in [6.45, 7) is 6.85. The number of piperidine rings is 1. The predicted molar refractivity (Wildman–Crippen MR) is 130 cm³/mol. The Morgan fingerprint density at radius 1 is 1.10 bits per heavy atom. The van der Waals surface area contributed by atoms with Crippen molar-refractivity contribution in [2.45, 2.75) is 32.1 Å². The first kappa shape index (κ1) is 23.9. The fourth-order valence-corrected chi connectivity index (χ4v) is 4.09. The van der Waals surface area contributed by atoms with E-state index in [2.05, 4.69) is 44.8 Å². The molecule has 0 aromatic heterocycles. The van der Waals surface area contributed by atoms with Crippen LogP contribution in [0.2, 0.25) is 0 Å². The molecule has 2 saturated heterocycles. The molecule has 0 spiro atoms. The van der Waals surface area contributed by atoms with E-state index in [1.807, 2.05) is 18.0 Å². The third-order valence-electron chi connectivity index (χ3n) is 5.76. The average molecular weight is 513 g/mol. The van der Waals surface area contributed by atoms with Crippen LogP contribution in [0.5, 0.6) is 0 Å². The number of hydrogen-bond donors (Lipinski definition) is 2. The molecule has 2 N–H and O–H groups in total. The monoisotopic (exact) mass is 513 g/mol. The summed E-state index contributed by atoms with van der Waals surface area (Å²) in [6.07, 6.45) is 5.57. The van der Waals surface area contributed by atoms with Crippen LogP contribution in [-0.4, -0.2) is 74.5 Å². The Labute approximate surface area is 192 Å². The zero-order valence-corrected chi connectivity index (χ0v) is 19.9. The molecule has 0 radical (unpaired) electrons. The van der Waals surface area contributed by atoms with E-state index in [4.69, 9.17) is 0 Å². The number of carbonyl (C=O) groups is 1. The molecule has 1 aromatic carbocycles. The molecule has 1 atom stereocenters. The van der Waals surface area contributed by atoms with Crippen molar-refractivity contribution in [3.8, 4) is 0 Å². The van der Waals surface area contributed by atoms with E-state index in [0.717, 1.165) is 45.1 Å². The Hall–Kier alpha value is -1.35. The number of amides is 1. The van der Waals surface area contributed by atoms with E-state index in [9.17, 15) is 4.79 Å². The van der Waals surface area contributed by atoms with Crippen LogP contribution in [0.1, 0.15) is 31.2 Å². The molecule has 1 unspecified atom stereocenters. The minimum atomic E-state index is 0. The molecule has 0 saturated carbocycles. The van der Waals surface area contributed by atoms with E-state index in [0.29, 0.717) is 12.3 Å². The first-order valence-corrected chi connectivity index (χ1v) is 10.7. The minimum absolute atomic E-state index is 0. The highest BCUT2D eigenvalue weighted by Crippen LogP contribution is 2.17. The highest BCUT2D eigenvalue weighted by molar-refractivity contribution is 14.0. The minimum Gasteiger partial charge on any atom is -0.356 e. The Morgan fingerprint density at radius 3 is 2.59 bits per heavy atom. The molecule has 2 heterocycles. The zero-order chi connectivity index (χ0) is 19.6. The van der Waals surface area contributed by atoms with Crippen LogP contribution >= 0.6 is 24.0 Å². The lowest BCUT2D eigenvalue weighted by atomic mass is 10.1. The summed E-state index contributed by atoms with van der Waals surface area (Å²) in [4.78, 5) is 21.2. The third kappa shape index (κ3) is 8.12. The maximum absolute atomic E-state index is 12.3. The summed E-state index contributed by atoms with van der Waals surface area (Å²) in [5.74, 6) is 1.46. The topological polar surface area (TPSA) is 60.0 Å². The van der Waals surface area contributed by atoms with Crippen LogP contribution in [0.15, 0.2) is 35.3 Å². The molecule has 0 aliphatic carbocycles. The van der Waals surface area contributed by atoms with Crippen molar-refractivity contribution in [1.82, 2.24) is 20.4 Å². The normalized spacial score (nSPS) is 20.4. The second-order valence-electron chi connectivity index (χ2n) is 7.93. The highest BCUT2D eigenvalue weighted by Gasteiger charge is 2.29. The van der Waals surface area contributed by atoms with Crippen LogP contribution in [-0.2, 0) is 11.2 Å². The third-order valence-corrected chi connectivity index (χ3v) is 5.76. The fourth-order valence-electron chi connectivity index (χ4n) is 4.09. The summed E-state index contributed by atoms with van der Waals surface area (Å²) < 4.78 is 0. The summed E-state index contributed by atoms with van der Waals surface area (Å²) in [6, 6.07) is 10.4. The van der Waals surface area contributed by atoms with Gasteiger partial charge in [-0.3, -0.25) is 9.79 Å². The van der Waals surface area contributed by atoms with Gasteiger partial charge in [-0.05, 0) is 37.9 Å². The number of halogens is 1. The first-order chi connectivity index (χ1) is 13.7. The Balaban J connectivity index is 0.00000300. The van der Waals surface area contributed by atoms with Gasteiger partial charge in [0.1, 0.15) is 0 Å². The van der Waals surface area contributed by atoms with Crippen LogP contribution < -0.4 is 10.6 Å². The molecule has 29 heavy (non-hydrogen) atoms. The van der Waals surface area contributed by atoms with Gasteiger partial charge in [-0.25, -0.2) is 0 Å². The fraction of sp³-hybridized carbons (Fsp3) is 0.636. The van der Waals surface area contributed by atoms with E-state index in [-0.39, 0.29) is 29.9 Å². The van der Waals surface area contributed by atoms with Gasteiger partial charge >= 0.3 is 0 Å². The number of carbonyl (C=O) groups excluding carboxylic acids is 1. The van der Waals surface area contributed by atoms with Gasteiger partial charge in [-0.1, -0.05) is 36.8 Å². The lowest BCUT2D eigenvalue weighted by molar-refractivity contribution is -0.127. The number of rotatable bonds is 8. The molecule has 7 heteroatoms. The standard InChI is InChI=1S/C22H35N5O.HI/c1-23-22(24-11-15-26-12-6-3-7-13-26)25-17-20-16-21(28)27(18-20)14-10-19-8-4-2-5-9-19;/h2,4-5,8-9,20H,3,6-7,10-18H2,1H3,(H2,23,24,25);1H. The molecule has 162 valence electrons. The number of aliphatic imine (C=N–C) groups is 1. The van der Waals surface area contributed by atoms with Crippen molar-refractivity contribution in [3.63, 3.8) is 0 Å². The molecule has 2 fully saturated rings. The molecule has 0 bridgehead atoms. The van der Waals surface area contributed by atoms with Crippen LogP contribution in [0.3, 0.4) is 0 Å². The first-order valence-electron chi connectivity index (χ1n) is 10.7. The summed E-state index contributed by atoms with van der Waals surface area (Å²) >= 11 is 0. The zero-order valence-electron chi connectivity index (χ0n) is 17.6. The van der Waals surface area contributed by atoms with Crippen LogP contribution in [0, 0.1) is 5.92 Å². The Morgan fingerprint density at radius 2 is 1.86 bits per heavy atom. The van der Waals surface area contributed by atoms with E-state index < -0.39 is 0 Å². The van der Waals surface area contributed by atoms with Crippen molar-refractivity contribution in [1.29, 1.82) is 0 Å². The maximum Gasteiger partial charge on any atom is 0.223 e. The molecular formula is C22H36IN5O. The van der Waals surface area contributed by atoms with Gasteiger partial charge in [0, 0.05) is 52.1 Å². The molecule has 6 nitrogen and oxygen atoms in total. The van der Waals surface area contributed by atoms with Crippen molar-refractivity contribution in [2.75, 3.05) is 52.9 Å². The quantitative estimate of drug-likeness (QED) is 0.319. The molecule has 1 aromatic rings. The second kappa shape index (κ2) is 13.1. The van der Waals surface area contributed by atoms with Gasteiger partial charge in [0.2, 0.25) is 5.91 Å². The SMILES string of the molecule is CN=C(NCCN1CCCCC1)NCC1CC(=O)N(CCc2ccccc2)C1.I. The number of nitrogens with one attached hydrogen (secondary N) is 2. The largest absolute Gasteiger partial charge is 0.356 e. The average Bonchev–Trinajstić information content (AvgIpc) is 3.10. The van der Waals surface area contributed by atoms with Gasteiger partial charge in [0.25, 0.3) is 0 Å². The summed E-state index contributed by atoms with van der Waals surface area (Å²) in [5, 5.41) is 6.81. The van der Waals surface area contributed by atoms with Gasteiger partial charge < -0.3 is 20.4 Å². The Bertz CT molecular complexity index is 633. The molecule has 2 aliphatic heterocycles. The van der Waals surface area contributed by atoms with Crippen molar-refractivity contribution < 1.29 is 4.79 Å². The predicted octanol–water partition coefficient (Wildman–Crippen LogP) is 2.35. The van der Waals surface area contributed by atoms with Crippen molar-refractivity contribution in [3.05, 3.63) is 35.9 Å². The van der Waals surface area contributed by atoms with Crippen LogP contribution in [0.25, 0.3) is 0 Å².